The number of methoxy groups -OCH3 is 2. The van der Waals surface area contributed by atoms with Gasteiger partial charge in [0.15, 0.2) is 17.6 Å². The summed E-state index contributed by atoms with van der Waals surface area (Å²) in [6.07, 6.45) is 0.571. The number of nitrogens with zero attached hydrogens (tertiary/aromatic N) is 1. The molecule has 0 heterocycles. The second-order valence-corrected chi connectivity index (χ2v) is 6.51. The Morgan fingerprint density at radius 1 is 0.935 bits per heavy atom. The molecule has 1 atom stereocenters. The van der Waals surface area contributed by atoms with Gasteiger partial charge in [0.2, 0.25) is 0 Å². The van der Waals surface area contributed by atoms with Crippen molar-refractivity contribution in [1.29, 1.82) is 0 Å². The lowest BCUT2D eigenvalue weighted by atomic mass is 10.2. The Morgan fingerprint density at radius 3 is 2.32 bits per heavy atom. The molecule has 3 aromatic rings. The number of carbonyl (C=O) groups is 1. The Labute approximate surface area is 180 Å². The minimum absolute atomic E-state index is 0.321. The number of carboxylic acids is 1. The number of aliphatic imine (C=N–C) groups is 1. The summed E-state index contributed by atoms with van der Waals surface area (Å²) in [4.78, 5) is 15.6. The second kappa shape index (κ2) is 10.2. The maximum Gasteiger partial charge on any atom is 0.344 e. The van der Waals surface area contributed by atoms with Crippen molar-refractivity contribution in [2.24, 2.45) is 4.99 Å². The van der Waals surface area contributed by atoms with E-state index in [0.29, 0.717) is 40.0 Å². The molecule has 0 aliphatic carbocycles. The number of para-hydroxylation sites is 1. The molecule has 3 rings (SSSR count). The van der Waals surface area contributed by atoms with Crippen molar-refractivity contribution in [1.82, 2.24) is 0 Å². The largest absolute Gasteiger partial charge is 0.497 e. The highest BCUT2D eigenvalue weighted by molar-refractivity contribution is 5.87. The zero-order valence-electron chi connectivity index (χ0n) is 17.4. The summed E-state index contributed by atoms with van der Waals surface area (Å²) in [7, 11) is 3.10. The fourth-order valence-corrected chi connectivity index (χ4v) is 2.69. The molecule has 160 valence electrons. The molecule has 3 aromatic carbocycles. The van der Waals surface area contributed by atoms with Crippen molar-refractivity contribution in [3.63, 3.8) is 0 Å². The monoisotopic (exact) mass is 421 g/mol. The minimum Gasteiger partial charge on any atom is -0.497 e. The van der Waals surface area contributed by atoms with Gasteiger partial charge in [0, 0.05) is 17.8 Å². The van der Waals surface area contributed by atoms with Gasteiger partial charge in [-0.15, -0.1) is 0 Å². The van der Waals surface area contributed by atoms with Crippen LogP contribution in [0, 0.1) is 0 Å². The summed E-state index contributed by atoms with van der Waals surface area (Å²) in [6.45, 7) is 1.46. The molecule has 0 aliphatic heterocycles. The van der Waals surface area contributed by atoms with E-state index in [1.165, 1.54) is 14.0 Å². The molecule has 1 N–H and O–H groups in total. The summed E-state index contributed by atoms with van der Waals surface area (Å²) < 4.78 is 21.9. The molecule has 0 saturated heterocycles. The molecule has 7 heteroatoms. The molecule has 0 unspecified atom stereocenters. The zero-order valence-corrected chi connectivity index (χ0v) is 17.4. The van der Waals surface area contributed by atoms with E-state index in [1.807, 2.05) is 42.5 Å². The van der Waals surface area contributed by atoms with E-state index in [0.717, 1.165) is 0 Å². The zero-order chi connectivity index (χ0) is 22.2. The Kier molecular flexibility index (Phi) is 7.11. The van der Waals surface area contributed by atoms with E-state index in [4.69, 9.17) is 24.1 Å². The first-order chi connectivity index (χ1) is 15.0. The lowest BCUT2D eigenvalue weighted by molar-refractivity contribution is -0.144. The molecule has 0 aromatic heterocycles. The average Bonchev–Trinajstić information content (AvgIpc) is 2.79. The highest BCUT2D eigenvalue weighted by Crippen LogP contribution is 2.32. The number of hydrogen-bond acceptors (Lipinski definition) is 6. The maximum absolute atomic E-state index is 11.2. The third-order valence-corrected chi connectivity index (χ3v) is 4.34. The van der Waals surface area contributed by atoms with E-state index in [-0.39, 0.29) is 0 Å². The molecule has 7 nitrogen and oxygen atoms in total. The standard InChI is InChI=1S/C24H23NO6/c1-16(24(26)27)30-23-17(6-4-9-22(23)29-3)15-25-18-10-12-19(13-11-18)31-21-8-5-7-20(14-21)28-2/h4-16H,1-3H3,(H,26,27)/t16-/m1/s1. The predicted octanol–water partition coefficient (Wildman–Crippen LogP) is 5.10. The number of rotatable bonds is 9. The summed E-state index contributed by atoms with van der Waals surface area (Å²) in [5, 5.41) is 9.15. The van der Waals surface area contributed by atoms with Crippen LogP contribution in [0.3, 0.4) is 0 Å². The topological polar surface area (TPSA) is 86.6 Å². The molecular weight excluding hydrogens is 398 g/mol. The second-order valence-electron chi connectivity index (χ2n) is 6.51. The quantitative estimate of drug-likeness (QED) is 0.484. The SMILES string of the molecule is COc1cccc(Oc2ccc(N=Cc3cccc(OC)c3O[C@H](C)C(=O)O)cc2)c1. The molecule has 0 amide bonds. The van der Waals surface area contributed by atoms with Crippen molar-refractivity contribution in [2.75, 3.05) is 14.2 Å². The van der Waals surface area contributed by atoms with Crippen LogP contribution in [0.5, 0.6) is 28.7 Å². The number of aliphatic carboxylic acids is 1. The highest BCUT2D eigenvalue weighted by Gasteiger charge is 2.17. The lowest BCUT2D eigenvalue weighted by Crippen LogP contribution is -2.23. The van der Waals surface area contributed by atoms with Crippen molar-refractivity contribution in [3.05, 3.63) is 72.3 Å². The van der Waals surface area contributed by atoms with E-state index in [1.54, 1.807) is 37.6 Å². The van der Waals surface area contributed by atoms with Crippen molar-refractivity contribution in [3.8, 4) is 28.7 Å². The van der Waals surface area contributed by atoms with E-state index < -0.39 is 12.1 Å². The number of carboxylic acid groups (broad SMARTS) is 1. The molecule has 31 heavy (non-hydrogen) atoms. The van der Waals surface area contributed by atoms with Crippen LogP contribution in [0.15, 0.2) is 71.7 Å². The molecule has 0 radical (unpaired) electrons. The number of ether oxygens (including phenoxy) is 4. The Bertz CT molecular complexity index is 1060. The predicted molar refractivity (Wildman–Crippen MR) is 117 cm³/mol. The molecular formula is C24H23NO6. The first-order valence-corrected chi connectivity index (χ1v) is 9.52. The van der Waals surface area contributed by atoms with Gasteiger partial charge in [-0.3, -0.25) is 4.99 Å². The molecule has 0 fully saturated rings. The van der Waals surface area contributed by atoms with Crippen LogP contribution in [-0.2, 0) is 4.79 Å². The van der Waals surface area contributed by atoms with Crippen LogP contribution >= 0.6 is 0 Å². The van der Waals surface area contributed by atoms with Crippen LogP contribution in [-0.4, -0.2) is 37.6 Å². The first kappa shape index (κ1) is 21.7. The van der Waals surface area contributed by atoms with Crippen LogP contribution < -0.4 is 18.9 Å². The van der Waals surface area contributed by atoms with Crippen molar-refractivity contribution >= 4 is 17.9 Å². The van der Waals surface area contributed by atoms with Gasteiger partial charge in [-0.2, -0.15) is 0 Å². The Morgan fingerprint density at radius 2 is 1.65 bits per heavy atom. The summed E-state index contributed by atoms with van der Waals surface area (Å²) in [5.74, 6) is 1.72. The van der Waals surface area contributed by atoms with Gasteiger partial charge in [0.1, 0.15) is 17.2 Å². The van der Waals surface area contributed by atoms with Gasteiger partial charge in [0.25, 0.3) is 0 Å². The molecule has 0 spiro atoms. The molecule has 0 saturated carbocycles. The van der Waals surface area contributed by atoms with E-state index in [2.05, 4.69) is 4.99 Å². The first-order valence-electron chi connectivity index (χ1n) is 9.52. The number of benzene rings is 3. The highest BCUT2D eigenvalue weighted by atomic mass is 16.5. The summed E-state index contributed by atoms with van der Waals surface area (Å²) in [5.41, 5.74) is 1.29. The molecule has 0 aliphatic rings. The Balaban J connectivity index is 1.76. The van der Waals surface area contributed by atoms with Gasteiger partial charge in [-0.1, -0.05) is 12.1 Å². The van der Waals surface area contributed by atoms with Crippen LogP contribution in [0.1, 0.15) is 12.5 Å². The lowest BCUT2D eigenvalue weighted by Gasteiger charge is -2.15. The fourth-order valence-electron chi connectivity index (χ4n) is 2.69. The third-order valence-electron chi connectivity index (χ3n) is 4.34. The van der Waals surface area contributed by atoms with Gasteiger partial charge >= 0.3 is 5.97 Å². The van der Waals surface area contributed by atoms with E-state index >= 15 is 0 Å². The maximum atomic E-state index is 11.2. The minimum atomic E-state index is -1.07. The molecule has 0 bridgehead atoms. The smallest absolute Gasteiger partial charge is 0.344 e. The summed E-state index contributed by atoms with van der Waals surface area (Å²) in [6, 6.07) is 19.8. The summed E-state index contributed by atoms with van der Waals surface area (Å²) >= 11 is 0. The van der Waals surface area contributed by atoms with Crippen LogP contribution in [0.2, 0.25) is 0 Å². The van der Waals surface area contributed by atoms with Crippen LogP contribution in [0.25, 0.3) is 0 Å². The normalized spacial score (nSPS) is 11.7. The van der Waals surface area contributed by atoms with Crippen molar-refractivity contribution < 1.29 is 28.8 Å². The van der Waals surface area contributed by atoms with Gasteiger partial charge < -0.3 is 24.1 Å². The fraction of sp³-hybridized carbons (Fsp3) is 0.167. The average molecular weight is 421 g/mol. The third kappa shape index (κ3) is 5.76. The number of hydrogen-bond donors (Lipinski definition) is 1. The van der Waals surface area contributed by atoms with Gasteiger partial charge in [-0.05, 0) is 55.5 Å². The van der Waals surface area contributed by atoms with Crippen molar-refractivity contribution in [2.45, 2.75) is 13.0 Å². The Hall–Kier alpha value is -4.00. The van der Waals surface area contributed by atoms with Gasteiger partial charge in [0.05, 0.1) is 19.9 Å². The van der Waals surface area contributed by atoms with E-state index in [9.17, 15) is 4.79 Å². The van der Waals surface area contributed by atoms with Gasteiger partial charge in [-0.25, -0.2) is 4.79 Å². The van der Waals surface area contributed by atoms with Crippen LogP contribution in [0.4, 0.5) is 5.69 Å².